The number of rotatable bonds is 15. The van der Waals surface area contributed by atoms with Crippen molar-refractivity contribution >= 4 is 23.2 Å². The van der Waals surface area contributed by atoms with E-state index in [0.717, 1.165) is 16.0 Å². The molecular weight excluding hydrogens is 488 g/mol. The number of amides is 2. The zero-order chi connectivity index (χ0) is 26.5. The number of carbonyl (C=O) groups excluding carboxylic acids is 2. The van der Waals surface area contributed by atoms with Gasteiger partial charge in [0.1, 0.15) is 0 Å². The Bertz CT molecular complexity index is 1100. The molecule has 0 aliphatic rings. The number of benzene rings is 2. The van der Waals surface area contributed by atoms with Crippen molar-refractivity contribution in [3.05, 3.63) is 82.0 Å². The first-order chi connectivity index (χ1) is 18.0. The lowest BCUT2D eigenvalue weighted by Crippen LogP contribution is -2.44. The van der Waals surface area contributed by atoms with Crippen LogP contribution in [-0.2, 0) is 33.7 Å². The standard InChI is InChI=1S/C29H36N2O5S/c1-34-18-17-31(28(32)14-12-23-8-5-4-6-9-23)22-29(33)30(21-25-10-7-19-37-25)16-15-24-11-13-26(35-2)27(20-24)36-3/h4-11,13,19-20H,12,14-18,21-22H2,1-3H3. The predicted octanol–water partition coefficient (Wildman–Crippen LogP) is 4.44. The molecule has 0 saturated heterocycles. The number of hydrogen-bond acceptors (Lipinski definition) is 6. The lowest BCUT2D eigenvalue weighted by atomic mass is 10.1. The third-order valence-corrected chi connectivity index (χ3v) is 6.97. The summed E-state index contributed by atoms with van der Waals surface area (Å²) < 4.78 is 16.0. The van der Waals surface area contributed by atoms with Crippen LogP contribution in [-0.4, -0.2) is 69.2 Å². The molecule has 0 N–H and O–H groups in total. The van der Waals surface area contributed by atoms with Crippen LogP contribution in [0, 0.1) is 0 Å². The summed E-state index contributed by atoms with van der Waals surface area (Å²) in [5.74, 6) is 1.19. The summed E-state index contributed by atoms with van der Waals surface area (Å²) in [4.78, 5) is 31.1. The summed E-state index contributed by atoms with van der Waals surface area (Å²) >= 11 is 1.62. The maximum atomic E-state index is 13.5. The molecule has 3 rings (SSSR count). The van der Waals surface area contributed by atoms with E-state index in [4.69, 9.17) is 14.2 Å². The molecule has 1 aromatic heterocycles. The van der Waals surface area contributed by atoms with E-state index in [9.17, 15) is 9.59 Å². The third kappa shape index (κ3) is 8.91. The fourth-order valence-corrected chi connectivity index (χ4v) is 4.71. The van der Waals surface area contributed by atoms with E-state index >= 15 is 0 Å². The Morgan fingerprint density at radius 1 is 0.784 bits per heavy atom. The highest BCUT2D eigenvalue weighted by Crippen LogP contribution is 2.28. The first kappa shape index (κ1) is 28.2. The van der Waals surface area contributed by atoms with Crippen LogP contribution in [0.3, 0.4) is 0 Å². The quantitative estimate of drug-likeness (QED) is 0.294. The van der Waals surface area contributed by atoms with E-state index in [2.05, 4.69) is 0 Å². The van der Waals surface area contributed by atoms with Crippen molar-refractivity contribution in [2.45, 2.75) is 25.8 Å². The van der Waals surface area contributed by atoms with E-state index in [1.165, 1.54) is 0 Å². The minimum atomic E-state index is -0.0851. The third-order valence-electron chi connectivity index (χ3n) is 6.11. The highest BCUT2D eigenvalue weighted by Gasteiger charge is 2.22. The molecule has 37 heavy (non-hydrogen) atoms. The number of hydrogen-bond donors (Lipinski definition) is 0. The molecule has 198 valence electrons. The van der Waals surface area contributed by atoms with Crippen molar-refractivity contribution in [2.75, 3.05) is 47.6 Å². The number of methoxy groups -OCH3 is 3. The zero-order valence-corrected chi connectivity index (χ0v) is 22.7. The van der Waals surface area contributed by atoms with Crippen molar-refractivity contribution in [1.29, 1.82) is 0 Å². The van der Waals surface area contributed by atoms with Crippen LogP contribution in [0.1, 0.15) is 22.4 Å². The average Bonchev–Trinajstić information content (AvgIpc) is 3.45. The molecule has 0 fully saturated rings. The number of aryl methyl sites for hydroxylation is 1. The molecule has 0 spiro atoms. The lowest BCUT2D eigenvalue weighted by Gasteiger charge is -2.28. The predicted molar refractivity (Wildman–Crippen MR) is 146 cm³/mol. The van der Waals surface area contributed by atoms with E-state index in [1.54, 1.807) is 37.6 Å². The molecule has 8 heteroatoms. The highest BCUT2D eigenvalue weighted by molar-refractivity contribution is 7.09. The second-order valence-electron chi connectivity index (χ2n) is 8.63. The van der Waals surface area contributed by atoms with Gasteiger partial charge in [-0.2, -0.15) is 0 Å². The van der Waals surface area contributed by atoms with Gasteiger partial charge < -0.3 is 24.0 Å². The van der Waals surface area contributed by atoms with Crippen molar-refractivity contribution in [1.82, 2.24) is 9.80 Å². The van der Waals surface area contributed by atoms with Gasteiger partial charge in [-0.15, -0.1) is 11.3 Å². The summed E-state index contributed by atoms with van der Waals surface area (Å²) in [7, 11) is 4.81. The van der Waals surface area contributed by atoms with Gasteiger partial charge in [0.25, 0.3) is 0 Å². The van der Waals surface area contributed by atoms with Crippen molar-refractivity contribution in [3.63, 3.8) is 0 Å². The van der Waals surface area contributed by atoms with Crippen molar-refractivity contribution in [2.24, 2.45) is 0 Å². The van der Waals surface area contributed by atoms with Crippen molar-refractivity contribution in [3.8, 4) is 11.5 Å². The zero-order valence-electron chi connectivity index (χ0n) is 21.9. The molecule has 0 unspecified atom stereocenters. The van der Waals surface area contributed by atoms with Crippen LogP contribution in [0.5, 0.6) is 11.5 Å². The SMILES string of the molecule is COCCN(CC(=O)N(CCc1ccc(OC)c(OC)c1)Cc1cccs1)C(=O)CCc1ccccc1. The van der Waals surface area contributed by atoms with Crippen LogP contribution in [0.15, 0.2) is 66.0 Å². The molecule has 0 atom stereocenters. The van der Waals surface area contributed by atoms with Crippen LogP contribution in [0.4, 0.5) is 0 Å². The monoisotopic (exact) mass is 524 g/mol. The van der Waals surface area contributed by atoms with E-state index in [0.29, 0.717) is 57.0 Å². The molecule has 0 aliphatic heterocycles. The maximum Gasteiger partial charge on any atom is 0.242 e. The van der Waals surface area contributed by atoms with Gasteiger partial charge >= 0.3 is 0 Å². The Morgan fingerprint density at radius 3 is 2.24 bits per heavy atom. The van der Waals surface area contributed by atoms with Crippen LogP contribution < -0.4 is 9.47 Å². The summed E-state index contributed by atoms with van der Waals surface area (Å²) in [5.41, 5.74) is 2.14. The van der Waals surface area contributed by atoms with Gasteiger partial charge in [0.05, 0.1) is 33.9 Å². The van der Waals surface area contributed by atoms with Crippen LogP contribution in [0.25, 0.3) is 0 Å². The molecule has 2 amide bonds. The minimum absolute atomic E-state index is 0.0221. The minimum Gasteiger partial charge on any atom is -0.493 e. The normalized spacial score (nSPS) is 10.7. The molecule has 0 radical (unpaired) electrons. The largest absolute Gasteiger partial charge is 0.493 e. The molecule has 1 heterocycles. The first-order valence-electron chi connectivity index (χ1n) is 12.4. The molecule has 0 aliphatic carbocycles. The number of carbonyl (C=O) groups is 2. The summed E-state index contributed by atoms with van der Waals surface area (Å²) in [5, 5.41) is 2.00. The van der Waals surface area contributed by atoms with E-state index in [1.807, 2.05) is 70.9 Å². The Kier molecular flexibility index (Phi) is 11.5. The van der Waals surface area contributed by atoms with Crippen LogP contribution in [0.2, 0.25) is 0 Å². The fraction of sp³-hybridized carbons (Fsp3) is 0.379. The second kappa shape index (κ2) is 15.0. The summed E-state index contributed by atoms with van der Waals surface area (Å²) in [6.07, 6.45) is 1.63. The summed E-state index contributed by atoms with van der Waals surface area (Å²) in [6.45, 7) is 1.79. The molecule has 7 nitrogen and oxygen atoms in total. The highest BCUT2D eigenvalue weighted by atomic mass is 32.1. The Labute approximate surface area is 223 Å². The molecule has 3 aromatic rings. The Morgan fingerprint density at radius 2 is 1.57 bits per heavy atom. The lowest BCUT2D eigenvalue weighted by molar-refractivity contribution is -0.141. The number of thiophene rings is 1. The fourth-order valence-electron chi connectivity index (χ4n) is 3.99. The van der Waals surface area contributed by atoms with Gasteiger partial charge in [-0.3, -0.25) is 9.59 Å². The number of ether oxygens (including phenoxy) is 3. The average molecular weight is 525 g/mol. The smallest absolute Gasteiger partial charge is 0.242 e. The van der Waals surface area contributed by atoms with E-state index < -0.39 is 0 Å². The second-order valence-corrected chi connectivity index (χ2v) is 9.66. The van der Waals surface area contributed by atoms with Gasteiger partial charge in [-0.1, -0.05) is 42.5 Å². The number of nitrogens with zero attached hydrogens (tertiary/aromatic N) is 2. The van der Waals surface area contributed by atoms with E-state index in [-0.39, 0.29) is 18.4 Å². The molecule has 2 aromatic carbocycles. The maximum absolute atomic E-state index is 13.5. The van der Waals surface area contributed by atoms with Gasteiger partial charge in [-0.05, 0) is 47.5 Å². The molecular formula is C29H36N2O5S. The van der Waals surface area contributed by atoms with Crippen molar-refractivity contribution < 1.29 is 23.8 Å². The van der Waals surface area contributed by atoms with Gasteiger partial charge in [-0.25, -0.2) is 0 Å². The summed E-state index contributed by atoms with van der Waals surface area (Å²) in [6, 6.07) is 19.7. The van der Waals surface area contributed by atoms with Gasteiger partial charge in [0.2, 0.25) is 11.8 Å². The first-order valence-corrected chi connectivity index (χ1v) is 13.2. The topological polar surface area (TPSA) is 68.3 Å². The van der Waals surface area contributed by atoms with Gasteiger partial charge in [0, 0.05) is 31.5 Å². The Hall–Kier alpha value is -3.36. The molecule has 0 bridgehead atoms. The Balaban J connectivity index is 1.69. The molecule has 0 saturated carbocycles. The van der Waals surface area contributed by atoms with Gasteiger partial charge in [0.15, 0.2) is 11.5 Å². The van der Waals surface area contributed by atoms with Crippen LogP contribution >= 0.6 is 11.3 Å².